The van der Waals surface area contributed by atoms with Crippen LogP contribution in [0.15, 0.2) is 18.2 Å². The van der Waals surface area contributed by atoms with Crippen molar-refractivity contribution in [3.8, 4) is 11.5 Å². The van der Waals surface area contributed by atoms with Crippen LogP contribution >= 0.6 is 11.8 Å². The molecular weight excluding hydrogens is 294 g/mol. The number of hydrogen-bond donors (Lipinski definition) is 2. The Labute approximate surface area is 127 Å². The third-order valence-corrected chi connectivity index (χ3v) is 3.35. The number of carboxylic acids is 1. The van der Waals surface area contributed by atoms with Gasteiger partial charge in [0.2, 0.25) is 5.91 Å². The molecule has 7 heteroatoms. The first-order valence-corrected chi connectivity index (χ1v) is 7.63. The van der Waals surface area contributed by atoms with Gasteiger partial charge in [0.1, 0.15) is 0 Å². The number of ether oxygens (including phenoxy) is 2. The quantitative estimate of drug-likeness (QED) is 0.760. The highest BCUT2D eigenvalue weighted by Crippen LogP contribution is 2.30. The van der Waals surface area contributed by atoms with E-state index < -0.39 is 12.0 Å². The van der Waals surface area contributed by atoms with Crippen molar-refractivity contribution in [1.29, 1.82) is 0 Å². The lowest BCUT2D eigenvalue weighted by Gasteiger charge is -2.19. The Morgan fingerprint density at radius 2 is 1.95 bits per heavy atom. The molecule has 6 nitrogen and oxygen atoms in total. The van der Waals surface area contributed by atoms with Gasteiger partial charge in [0.15, 0.2) is 11.5 Å². The van der Waals surface area contributed by atoms with E-state index in [1.165, 1.54) is 26.0 Å². The number of amides is 1. The van der Waals surface area contributed by atoms with Crippen LogP contribution in [-0.4, -0.2) is 43.2 Å². The van der Waals surface area contributed by atoms with Crippen molar-refractivity contribution in [3.05, 3.63) is 23.8 Å². The van der Waals surface area contributed by atoms with Gasteiger partial charge < -0.3 is 19.9 Å². The van der Waals surface area contributed by atoms with Gasteiger partial charge in [0.25, 0.3) is 0 Å². The zero-order valence-corrected chi connectivity index (χ0v) is 13.0. The van der Waals surface area contributed by atoms with E-state index in [1.807, 2.05) is 6.26 Å². The molecular formula is C14H19NO5S. The lowest BCUT2D eigenvalue weighted by Crippen LogP contribution is -2.31. The second-order valence-electron chi connectivity index (χ2n) is 4.27. The van der Waals surface area contributed by atoms with Crippen LogP contribution in [0, 0.1) is 0 Å². The molecule has 1 atom stereocenters. The molecule has 0 saturated carbocycles. The van der Waals surface area contributed by atoms with Crippen molar-refractivity contribution in [2.24, 2.45) is 0 Å². The zero-order valence-electron chi connectivity index (χ0n) is 12.2. The minimum Gasteiger partial charge on any atom is -0.493 e. The first kappa shape index (κ1) is 17.2. The first-order valence-electron chi connectivity index (χ1n) is 6.23. The zero-order chi connectivity index (χ0) is 15.8. The van der Waals surface area contributed by atoms with Gasteiger partial charge in [-0.25, -0.2) is 0 Å². The van der Waals surface area contributed by atoms with Crippen LogP contribution in [0.4, 0.5) is 0 Å². The number of carboxylic acid groups (broad SMARTS) is 1. The van der Waals surface area contributed by atoms with Gasteiger partial charge in [0.05, 0.1) is 32.4 Å². The summed E-state index contributed by atoms with van der Waals surface area (Å²) in [5, 5.41) is 11.7. The lowest BCUT2D eigenvalue weighted by molar-refractivity contribution is -0.137. The molecule has 21 heavy (non-hydrogen) atoms. The largest absolute Gasteiger partial charge is 0.493 e. The molecule has 0 aliphatic rings. The van der Waals surface area contributed by atoms with Crippen LogP contribution in [0.3, 0.4) is 0 Å². The van der Waals surface area contributed by atoms with Crippen molar-refractivity contribution in [2.75, 3.05) is 26.2 Å². The van der Waals surface area contributed by atoms with Crippen LogP contribution in [-0.2, 0) is 9.59 Å². The molecule has 0 fully saturated rings. The van der Waals surface area contributed by atoms with E-state index >= 15 is 0 Å². The van der Waals surface area contributed by atoms with E-state index in [4.69, 9.17) is 14.6 Å². The molecule has 1 aromatic carbocycles. The second kappa shape index (κ2) is 8.41. The Bertz CT molecular complexity index is 506. The molecule has 1 aromatic rings. The molecule has 0 aliphatic carbocycles. The maximum absolute atomic E-state index is 11.7. The molecule has 116 valence electrons. The van der Waals surface area contributed by atoms with E-state index in [-0.39, 0.29) is 18.1 Å². The standard InChI is InChI=1S/C14H19NO5S/c1-19-11-5-4-9(6-12(11)20-2)10(7-14(17)18)15-13(16)8-21-3/h4-6,10H,7-8H2,1-3H3,(H,15,16)(H,17,18)/t10-/m1/s1. The maximum Gasteiger partial charge on any atom is 0.305 e. The van der Waals surface area contributed by atoms with Gasteiger partial charge in [-0.3, -0.25) is 9.59 Å². The van der Waals surface area contributed by atoms with Gasteiger partial charge in [-0.15, -0.1) is 0 Å². The number of carbonyl (C=O) groups is 2. The summed E-state index contributed by atoms with van der Waals surface area (Å²) in [7, 11) is 3.02. The van der Waals surface area contributed by atoms with Crippen LogP contribution in [0.25, 0.3) is 0 Å². The SMILES string of the molecule is COc1ccc([C@@H](CC(=O)O)NC(=O)CSC)cc1OC. The van der Waals surface area contributed by atoms with Crippen LogP contribution in [0.1, 0.15) is 18.0 Å². The molecule has 0 bridgehead atoms. The number of aliphatic carboxylic acids is 1. The average Bonchev–Trinajstić information content (AvgIpc) is 2.45. The summed E-state index contributed by atoms with van der Waals surface area (Å²) in [6.45, 7) is 0. The number of rotatable bonds is 8. The van der Waals surface area contributed by atoms with Crippen molar-refractivity contribution in [3.63, 3.8) is 0 Å². The highest BCUT2D eigenvalue weighted by Gasteiger charge is 2.19. The van der Waals surface area contributed by atoms with Crippen molar-refractivity contribution in [2.45, 2.75) is 12.5 Å². The van der Waals surface area contributed by atoms with Gasteiger partial charge in [-0.05, 0) is 24.0 Å². The number of carbonyl (C=O) groups excluding carboxylic acids is 1. The topological polar surface area (TPSA) is 84.9 Å². The summed E-state index contributed by atoms with van der Waals surface area (Å²) in [5.74, 6) is 0.127. The lowest BCUT2D eigenvalue weighted by atomic mass is 10.0. The number of benzene rings is 1. The molecule has 1 rings (SSSR count). The second-order valence-corrected chi connectivity index (χ2v) is 5.13. The fraction of sp³-hybridized carbons (Fsp3) is 0.429. The summed E-state index contributed by atoms with van der Waals surface area (Å²) in [4.78, 5) is 22.7. The molecule has 0 spiro atoms. The van der Waals surface area contributed by atoms with Crippen LogP contribution in [0.2, 0.25) is 0 Å². The molecule has 0 aliphatic heterocycles. The Balaban J connectivity index is 3.01. The summed E-state index contributed by atoms with van der Waals surface area (Å²) < 4.78 is 10.3. The van der Waals surface area contributed by atoms with Gasteiger partial charge in [-0.1, -0.05) is 6.07 Å². The molecule has 0 unspecified atom stereocenters. The van der Waals surface area contributed by atoms with E-state index in [0.29, 0.717) is 17.1 Å². The average molecular weight is 313 g/mol. The maximum atomic E-state index is 11.7. The summed E-state index contributed by atoms with van der Waals surface area (Å²) >= 11 is 1.38. The third-order valence-electron chi connectivity index (χ3n) is 2.80. The van der Waals surface area contributed by atoms with E-state index in [2.05, 4.69) is 5.32 Å². The van der Waals surface area contributed by atoms with Gasteiger partial charge in [0, 0.05) is 0 Å². The Morgan fingerprint density at radius 3 is 2.48 bits per heavy atom. The van der Waals surface area contributed by atoms with Gasteiger partial charge >= 0.3 is 5.97 Å². The van der Waals surface area contributed by atoms with Crippen LogP contribution in [0.5, 0.6) is 11.5 Å². The number of hydrogen-bond acceptors (Lipinski definition) is 5. The highest BCUT2D eigenvalue weighted by molar-refractivity contribution is 7.99. The summed E-state index contributed by atoms with van der Waals surface area (Å²) in [5.41, 5.74) is 0.657. The monoisotopic (exact) mass is 313 g/mol. The van der Waals surface area contributed by atoms with Crippen molar-refractivity contribution < 1.29 is 24.2 Å². The predicted octanol–water partition coefficient (Wildman–Crippen LogP) is 1.70. The third kappa shape index (κ3) is 5.18. The number of methoxy groups -OCH3 is 2. The minimum absolute atomic E-state index is 0.199. The van der Waals surface area contributed by atoms with Crippen molar-refractivity contribution >= 4 is 23.6 Å². The normalized spacial score (nSPS) is 11.6. The van der Waals surface area contributed by atoms with E-state index in [1.54, 1.807) is 18.2 Å². The molecule has 0 aromatic heterocycles. The molecule has 1 amide bonds. The summed E-state index contributed by atoms with van der Waals surface area (Å²) in [6, 6.07) is 4.46. The van der Waals surface area contributed by atoms with E-state index in [9.17, 15) is 9.59 Å². The highest BCUT2D eigenvalue weighted by atomic mass is 32.2. The predicted molar refractivity (Wildman–Crippen MR) is 81.1 cm³/mol. The Morgan fingerprint density at radius 1 is 1.29 bits per heavy atom. The minimum atomic E-state index is -0.987. The molecule has 0 saturated heterocycles. The molecule has 0 radical (unpaired) electrons. The van der Waals surface area contributed by atoms with Gasteiger partial charge in [-0.2, -0.15) is 11.8 Å². The fourth-order valence-electron chi connectivity index (χ4n) is 1.86. The first-order chi connectivity index (χ1) is 10.0. The molecule has 0 heterocycles. The van der Waals surface area contributed by atoms with E-state index in [0.717, 1.165) is 0 Å². The number of nitrogens with one attached hydrogen (secondary N) is 1. The number of thioether (sulfide) groups is 1. The van der Waals surface area contributed by atoms with Crippen LogP contribution < -0.4 is 14.8 Å². The molecule has 2 N–H and O–H groups in total. The van der Waals surface area contributed by atoms with Crippen molar-refractivity contribution in [1.82, 2.24) is 5.32 Å². The summed E-state index contributed by atoms with van der Waals surface area (Å²) in [6.07, 6.45) is 1.61. The fourth-order valence-corrected chi connectivity index (χ4v) is 2.21. The Kier molecular flexibility index (Phi) is 6.87. The Hall–Kier alpha value is -1.89. The smallest absolute Gasteiger partial charge is 0.305 e.